The number of amides is 1. The zero-order chi connectivity index (χ0) is 14.0. The first-order valence-electron chi connectivity index (χ1n) is 6.41. The second kappa shape index (κ2) is 5.21. The molecule has 106 valence electrons. The third-order valence-electron chi connectivity index (χ3n) is 3.07. The third kappa shape index (κ3) is 3.47. The number of rotatable bonds is 2. The molecule has 0 bridgehead atoms. The number of ether oxygens (including phenoxy) is 1. The van der Waals surface area contributed by atoms with Crippen molar-refractivity contribution in [2.24, 2.45) is 5.92 Å². The monoisotopic (exact) mass is 268 g/mol. The molecule has 1 saturated heterocycles. The van der Waals surface area contributed by atoms with E-state index in [9.17, 15) is 9.90 Å². The molecule has 0 saturated carbocycles. The van der Waals surface area contributed by atoms with Crippen LogP contribution in [-0.4, -0.2) is 39.8 Å². The van der Waals surface area contributed by atoms with E-state index in [0.29, 0.717) is 18.8 Å². The van der Waals surface area contributed by atoms with Crippen molar-refractivity contribution in [2.75, 3.05) is 13.1 Å². The summed E-state index contributed by atoms with van der Waals surface area (Å²) < 4.78 is 10.4. The Morgan fingerprint density at radius 2 is 2.37 bits per heavy atom. The molecule has 1 N–H and O–H groups in total. The molecule has 0 aromatic carbocycles. The Morgan fingerprint density at radius 1 is 1.63 bits per heavy atom. The molecule has 0 aliphatic carbocycles. The lowest BCUT2D eigenvalue weighted by molar-refractivity contribution is 0.0260. The number of likely N-dealkylation sites (tertiary alicyclic amines) is 1. The van der Waals surface area contributed by atoms with E-state index in [4.69, 9.17) is 9.15 Å². The third-order valence-corrected chi connectivity index (χ3v) is 3.07. The van der Waals surface area contributed by atoms with E-state index < -0.39 is 11.7 Å². The fraction of sp³-hybridized carbons (Fsp3) is 0.692. The first-order chi connectivity index (χ1) is 8.87. The van der Waals surface area contributed by atoms with Gasteiger partial charge in [-0.1, -0.05) is 0 Å². The van der Waals surface area contributed by atoms with Crippen LogP contribution in [0.1, 0.15) is 39.1 Å². The smallest absolute Gasteiger partial charge is 0.410 e. The van der Waals surface area contributed by atoms with Gasteiger partial charge in [-0.05, 0) is 27.2 Å². The van der Waals surface area contributed by atoms with Gasteiger partial charge in [0.05, 0.1) is 6.20 Å². The van der Waals surface area contributed by atoms with Crippen molar-refractivity contribution >= 4 is 6.09 Å². The van der Waals surface area contributed by atoms with Gasteiger partial charge in [0.2, 0.25) is 0 Å². The molecule has 1 aromatic rings. The lowest BCUT2D eigenvalue weighted by atomic mass is 10.0. The summed E-state index contributed by atoms with van der Waals surface area (Å²) in [5.41, 5.74) is -0.501. The van der Waals surface area contributed by atoms with Crippen LogP contribution in [0.25, 0.3) is 0 Å². The Balaban J connectivity index is 1.91. The molecule has 2 atom stereocenters. The van der Waals surface area contributed by atoms with E-state index in [1.165, 1.54) is 12.6 Å². The second-order valence-electron chi connectivity index (χ2n) is 5.82. The Kier molecular flexibility index (Phi) is 3.80. The highest BCUT2D eigenvalue weighted by Gasteiger charge is 2.34. The SMILES string of the molecule is CC(C)(C)OC(=O)N1CCC(C(O)c2cnco2)C1. The van der Waals surface area contributed by atoms with Gasteiger partial charge in [0.15, 0.2) is 12.2 Å². The van der Waals surface area contributed by atoms with Crippen molar-refractivity contribution in [1.29, 1.82) is 0 Å². The van der Waals surface area contributed by atoms with E-state index in [1.807, 2.05) is 20.8 Å². The summed E-state index contributed by atoms with van der Waals surface area (Å²) in [4.78, 5) is 17.3. The van der Waals surface area contributed by atoms with Crippen LogP contribution in [0, 0.1) is 5.92 Å². The van der Waals surface area contributed by atoms with Crippen LogP contribution < -0.4 is 0 Å². The highest BCUT2D eigenvalue weighted by Crippen LogP contribution is 2.30. The molecule has 1 fully saturated rings. The van der Waals surface area contributed by atoms with Crippen LogP contribution in [0.4, 0.5) is 4.79 Å². The Labute approximate surface area is 112 Å². The zero-order valence-electron chi connectivity index (χ0n) is 11.5. The lowest BCUT2D eigenvalue weighted by Gasteiger charge is -2.24. The summed E-state index contributed by atoms with van der Waals surface area (Å²) in [5.74, 6) is 0.400. The maximum Gasteiger partial charge on any atom is 0.410 e. The van der Waals surface area contributed by atoms with E-state index in [2.05, 4.69) is 4.98 Å². The number of carbonyl (C=O) groups is 1. The summed E-state index contributed by atoms with van der Waals surface area (Å²) in [6, 6.07) is 0. The maximum atomic E-state index is 11.9. The highest BCUT2D eigenvalue weighted by molar-refractivity contribution is 5.68. The number of oxazole rings is 1. The number of hydrogen-bond acceptors (Lipinski definition) is 5. The summed E-state index contributed by atoms with van der Waals surface area (Å²) >= 11 is 0. The maximum absolute atomic E-state index is 11.9. The van der Waals surface area contributed by atoms with Gasteiger partial charge in [-0.2, -0.15) is 0 Å². The predicted molar refractivity (Wildman–Crippen MR) is 67.4 cm³/mol. The van der Waals surface area contributed by atoms with Crippen LogP contribution >= 0.6 is 0 Å². The fourth-order valence-electron chi connectivity index (χ4n) is 2.14. The average molecular weight is 268 g/mol. The van der Waals surface area contributed by atoms with E-state index in [-0.39, 0.29) is 12.0 Å². The summed E-state index contributed by atoms with van der Waals surface area (Å²) in [5, 5.41) is 10.1. The van der Waals surface area contributed by atoms with Gasteiger partial charge in [-0.15, -0.1) is 0 Å². The first-order valence-corrected chi connectivity index (χ1v) is 6.41. The molecular formula is C13H20N2O4. The minimum Gasteiger partial charge on any atom is -0.446 e. The van der Waals surface area contributed by atoms with Crippen LogP contribution in [0.3, 0.4) is 0 Å². The van der Waals surface area contributed by atoms with Gasteiger partial charge >= 0.3 is 6.09 Å². The molecule has 2 rings (SSSR count). The van der Waals surface area contributed by atoms with Crippen molar-refractivity contribution in [3.8, 4) is 0 Å². The number of hydrogen-bond donors (Lipinski definition) is 1. The quantitative estimate of drug-likeness (QED) is 0.887. The molecule has 2 heterocycles. The molecule has 19 heavy (non-hydrogen) atoms. The lowest BCUT2D eigenvalue weighted by Crippen LogP contribution is -2.35. The average Bonchev–Trinajstić information content (AvgIpc) is 2.98. The Bertz CT molecular complexity index is 424. The van der Waals surface area contributed by atoms with Gasteiger partial charge < -0.3 is 19.2 Å². The topological polar surface area (TPSA) is 75.8 Å². The van der Waals surface area contributed by atoms with Gasteiger partial charge in [0.1, 0.15) is 11.7 Å². The summed E-state index contributed by atoms with van der Waals surface area (Å²) in [6.07, 6.45) is 2.45. The standard InChI is InChI=1S/C13H20N2O4/c1-13(2,3)19-12(17)15-5-4-9(7-15)11(16)10-6-14-8-18-10/h6,8-9,11,16H,4-5,7H2,1-3H3. The first kappa shape index (κ1) is 13.9. The molecule has 0 radical (unpaired) electrons. The molecule has 6 nitrogen and oxygen atoms in total. The highest BCUT2D eigenvalue weighted by atomic mass is 16.6. The van der Waals surface area contributed by atoms with Crippen LogP contribution in [0.2, 0.25) is 0 Å². The van der Waals surface area contributed by atoms with Crippen LogP contribution in [-0.2, 0) is 4.74 Å². The number of carbonyl (C=O) groups excluding carboxylic acids is 1. The van der Waals surface area contributed by atoms with E-state index in [1.54, 1.807) is 4.90 Å². The number of aromatic nitrogens is 1. The largest absolute Gasteiger partial charge is 0.446 e. The second-order valence-corrected chi connectivity index (χ2v) is 5.82. The molecule has 6 heteroatoms. The van der Waals surface area contributed by atoms with Crippen molar-refractivity contribution in [3.05, 3.63) is 18.4 Å². The Morgan fingerprint density at radius 3 is 2.95 bits per heavy atom. The molecular weight excluding hydrogens is 248 g/mol. The molecule has 0 spiro atoms. The number of aliphatic hydroxyl groups excluding tert-OH is 1. The van der Waals surface area contributed by atoms with Gasteiger partial charge in [-0.25, -0.2) is 9.78 Å². The van der Waals surface area contributed by atoms with E-state index in [0.717, 1.165) is 6.42 Å². The van der Waals surface area contributed by atoms with Gasteiger partial charge in [0, 0.05) is 19.0 Å². The number of nitrogens with zero attached hydrogens (tertiary/aromatic N) is 2. The molecule has 1 amide bonds. The molecule has 1 aliphatic heterocycles. The normalized spacial score (nSPS) is 21.5. The molecule has 2 unspecified atom stereocenters. The summed E-state index contributed by atoms with van der Waals surface area (Å²) in [6.45, 7) is 6.56. The molecule has 1 aliphatic rings. The molecule has 1 aromatic heterocycles. The zero-order valence-corrected chi connectivity index (χ0v) is 11.5. The van der Waals surface area contributed by atoms with Crippen LogP contribution in [0.5, 0.6) is 0 Å². The van der Waals surface area contributed by atoms with Crippen LogP contribution in [0.15, 0.2) is 17.0 Å². The number of aliphatic hydroxyl groups is 1. The minimum atomic E-state index is -0.727. The predicted octanol–water partition coefficient (Wildman–Crippen LogP) is 1.96. The van der Waals surface area contributed by atoms with Crippen molar-refractivity contribution in [1.82, 2.24) is 9.88 Å². The van der Waals surface area contributed by atoms with Crippen molar-refractivity contribution in [3.63, 3.8) is 0 Å². The van der Waals surface area contributed by atoms with Crippen molar-refractivity contribution < 1.29 is 19.1 Å². The fourth-order valence-corrected chi connectivity index (χ4v) is 2.14. The van der Waals surface area contributed by atoms with Gasteiger partial charge in [-0.3, -0.25) is 0 Å². The minimum absolute atomic E-state index is 0.0412. The van der Waals surface area contributed by atoms with E-state index >= 15 is 0 Å². The Hall–Kier alpha value is -1.56. The van der Waals surface area contributed by atoms with Crippen molar-refractivity contribution in [2.45, 2.75) is 38.9 Å². The summed E-state index contributed by atoms with van der Waals surface area (Å²) in [7, 11) is 0. The van der Waals surface area contributed by atoms with Gasteiger partial charge in [0.25, 0.3) is 0 Å².